The number of nitrogens with zero attached hydrogens (tertiary/aromatic N) is 5. The van der Waals surface area contributed by atoms with Gasteiger partial charge in [0.25, 0.3) is 5.56 Å². The van der Waals surface area contributed by atoms with Crippen LogP contribution in [0.1, 0.15) is 10.6 Å². The van der Waals surface area contributed by atoms with E-state index in [1.54, 1.807) is 40.5 Å². The molecule has 0 radical (unpaired) electrons. The number of fused-ring (bicyclic) bond motifs is 2. The molecular formula is C21H17N5O2S. The van der Waals surface area contributed by atoms with Crippen LogP contribution in [0.15, 0.2) is 52.6 Å². The number of benzene rings is 2. The summed E-state index contributed by atoms with van der Waals surface area (Å²) in [6.45, 7) is 2.44. The second-order valence-corrected chi connectivity index (χ2v) is 8.02. The zero-order valence-electron chi connectivity index (χ0n) is 15.7. The van der Waals surface area contributed by atoms with Crippen LogP contribution in [0.5, 0.6) is 0 Å². The van der Waals surface area contributed by atoms with Crippen LogP contribution in [-0.4, -0.2) is 32.4 Å². The molecule has 29 heavy (non-hydrogen) atoms. The van der Waals surface area contributed by atoms with Gasteiger partial charge in [0.15, 0.2) is 0 Å². The third kappa shape index (κ3) is 3.11. The molecule has 7 nitrogen and oxygen atoms in total. The monoisotopic (exact) mass is 403 g/mol. The lowest BCUT2D eigenvalue weighted by Crippen LogP contribution is -2.36. The van der Waals surface area contributed by atoms with Gasteiger partial charge in [0.2, 0.25) is 5.91 Å². The van der Waals surface area contributed by atoms with Crippen molar-refractivity contribution in [3.05, 3.63) is 68.8 Å². The van der Waals surface area contributed by atoms with Gasteiger partial charge in [-0.3, -0.25) is 9.59 Å². The van der Waals surface area contributed by atoms with Crippen LogP contribution in [-0.2, 0) is 17.8 Å². The van der Waals surface area contributed by atoms with Crippen molar-refractivity contribution in [3.63, 3.8) is 0 Å². The van der Waals surface area contributed by atoms with Crippen molar-refractivity contribution in [2.45, 2.75) is 19.9 Å². The quantitative estimate of drug-likeness (QED) is 0.525. The zero-order chi connectivity index (χ0) is 20.0. The molecule has 1 aliphatic rings. The van der Waals surface area contributed by atoms with Gasteiger partial charge >= 0.3 is 0 Å². The van der Waals surface area contributed by atoms with Crippen LogP contribution >= 0.6 is 11.3 Å². The van der Waals surface area contributed by atoms with Gasteiger partial charge in [-0.1, -0.05) is 23.4 Å². The van der Waals surface area contributed by atoms with E-state index in [1.165, 1.54) is 0 Å². The summed E-state index contributed by atoms with van der Waals surface area (Å²) < 4.78 is 1.13. The van der Waals surface area contributed by atoms with E-state index in [0.717, 1.165) is 38.6 Å². The lowest BCUT2D eigenvalue weighted by molar-refractivity contribution is -0.119. The highest BCUT2D eigenvalue weighted by molar-refractivity contribution is 7.09. The van der Waals surface area contributed by atoms with Gasteiger partial charge < -0.3 is 4.90 Å². The van der Waals surface area contributed by atoms with Crippen molar-refractivity contribution in [2.75, 3.05) is 11.4 Å². The summed E-state index contributed by atoms with van der Waals surface area (Å²) in [5.74, 6) is -0.173. The van der Waals surface area contributed by atoms with Crippen molar-refractivity contribution in [2.24, 2.45) is 0 Å². The molecule has 0 bridgehead atoms. The van der Waals surface area contributed by atoms with E-state index in [-0.39, 0.29) is 18.0 Å². The average Bonchev–Trinajstić information content (AvgIpc) is 3.36. The van der Waals surface area contributed by atoms with E-state index in [2.05, 4.69) is 21.4 Å². The highest BCUT2D eigenvalue weighted by Crippen LogP contribution is 2.32. The molecule has 3 heterocycles. The molecule has 144 valence electrons. The van der Waals surface area contributed by atoms with E-state index in [0.29, 0.717) is 17.4 Å². The highest BCUT2D eigenvalue weighted by Gasteiger charge is 2.26. The number of hydrogen-bond acceptors (Lipinski definition) is 6. The topological polar surface area (TPSA) is 81.0 Å². The SMILES string of the molecule is Cc1nc(-c2ccc3c(c2)CCN3C(=O)Cn2nnc3ccccc3c2=O)cs1. The van der Waals surface area contributed by atoms with Crippen molar-refractivity contribution >= 4 is 33.8 Å². The number of carbonyl (C=O) groups is 1. The third-order valence-electron chi connectivity index (χ3n) is 5.11. The van der Waals surface area contributed by atoms with E-state index in [9.17, 15) is 9.59 Å². The van der Waals surface area contributed by atoms with Crippen molar-refractivity contribution in [1.29, 1.82) is 0 Å². The molecule has 0 N–H and O–H groups in total. The highest BCUT2D eigenvalue weighted by atomic mass is 32.1. The van der Waals surface area contributed by atoms with E-state index >= 15 is 0 Å². The lowest BCUT2D eigenvalue weighted by Gasteiger charge is -2.17. The fourth-order valence-electron chi connectivity index (χ4n) is 3.66. The summed E-state index contributed by atoms with van der Waals surface area (Å²) in [5.41, 5.74) is 4.22. The van der Waals surface area contributed by atoms with Gasteiger partial charge in [0.1, 0.15) is 12.1 Å². The lowest BCUT2D eigenvalue weighted by atomic mass is 10.1. The van der Waals surface area contributed by atoms with Gasteiger partial charge in [-0.25, -0.2) is 9.67 Å². The predicted octanol–water partition coefficient (Wildman–Crippen LogP) is 2.81. The number of anilines is 1. The second-order valence-electron chi connectivity index (χ2n) is 6.96. The summed E-state index contributed by atoms with van der Waals surface area (Å²) in [6.07, 6.45) is 0.774. The zero-order valence-corrected chi connectivity index (χ0v) is 16.5. The molecule has 4 aromatic rings. The molecule has 0 fully saturated rings. The smallest absolute Gasteiger partial charge is 0.278 e. The molecule has 5 rings (SSSR count). The Morgan fingerprint density at radius 3 is 2.90 bits per heavy atom. The van der Waals surface area contributed by atoms with Gasteiger partial charge in [0, 0.05) is 23.2 Å². The minimum absolute atomic E-state index is 0.136. The van der Waals surface area contributed by atoms with Gasteiger partial charge in [-0.2, -0.15) is 0 Å². The number of aryl methyl sites for hydroxylation is 1. The number of thiazole rings is 1. The fourth-order valence-corrected chi connectivity index (χ4v) is 4.28. The maximum atomic E-state index is 12.9. The minimum Gasteiger partial charge on any atom is -0.310 e. The third-order valence-corrected chi connectivity index (χ3v) is 5.88. The standard InChI is InChI=1S/C21H17N5O2S/c1-13-22-18(12-29-13)14-6-7-19-15(10-14)8-9-25(19)20(27)11-26-21(28)16-4-2-3-5-17(16)23-24-26/h2-7,10,12H,8-9,11H2,1H3. The molecule has 2 aromatic carbocycles. The Kier molecular flexibility index (Phi) is 4.21. The number of rotatable bonds is 3. The van der Waals surface area contributed by atoms with Crippen LogP contribution in [0.4, 0.5) is 5.69 Å². The molecular weight excluding hydrogens is 386 g/mol. The van der Waals surface area contributed by atoms with Crippen LogP contribution in [0.2, 0.25) is 0 Å². The van der Waals surface area contributed by atoms with Crippen LogP contribution in [0.25, 0.3) is 22.2 Å². The summed E-state index contributed by atoms with van der Waals surface area (Å²) in [4.78, 5) is 31.8. The van der Waals surface area contributed by atoms with Gasteiger partial charge in [0.05, 0.1) is 16.1 Å². The first-order chi connectivity index (χ1) is 14.1. The Morgan fingerprint density at radius 1 is 1.21 bits per heavy atom. The Labute approximate surface area is 170 Å². The Bertz CT molecular complexity index is 1310. The normalized spacial score (nSPS) is 13.1. The number of aromatic nitrogens is 4. The largest absolute Gasteiger partial charge is 0.310 e. The fraction of sp³-hybridized carbons (Fsp3) is 0.190. The molecule has 0 aliphatic carbocycles. The Balaban J connectivity index is 1.41. The molecule has 1 amide bonds. The summed E-state index contributed by atoms with van der Waals surface area (Å²) >= 11 is 1.62. The average molecular weight is 403 g/mol. The maximum Gasteiger partial charge on any atom is 0.278 e. The summed E-state index contributed by atoms with van der Waals surface area (Å²) in [5, 5.41) is 11.5. The van der Waals surface area contributed by atoms with Crippen LogP contribution in [0.3, 0.4) is 0 Å². The van der Waals surface area contributed by atoms with E-state index in [1.807, 2.05) is 24.4 Å². The first kappa shape index (κ1) is 17.7. The van der Waals surface area contributed by atoms with Crippen molar-refractivity contribution in [1.82, 2.24) is 20.0 Å². The first-order valence-corrected chi connectivity index (χ1v) is 10.2. The van der Waals surface area contributed by atoms with Gasteiger partial charge in [-0.05, 0) is 43.2 Å². The first-order valence-electron chi connectivity index (χ1n) is 9.28. The van der Waals surface area contributed by atoms with Crippen LogP contribution in [0, 0.1) is 6.92 Å². The molecule has 0 unspecified atom stereocenters. The van der Waals surface area contributed by atoms with Gasteiger partial charge in [-0.15, -0.1) is 16.4 Å². The summed E-state index contributed by atoms with van der Waals surface area (Å²) in [6, 6.07) is 13.0. The Hall–Kier alpha value is -3.39. The van der Waals surface area contributed by atoms with E-state index in [4.69, 9.17) is 0 Å². The molecule has 0 atom stereocenters. The molecule has 8 heteroatoms. The summed E-state index contributed by atoms with van der Waals surface area (Å²) in [7, 11) is 0. The molecule has 2 aromatic heterocycles. The maximum absolute atomic E-state index is 12.9. The second kappa shape index (κ2) is 6.89. The predicted molar refractivity (Wildman–Crippen MR) is 112 cm³/mol. The number of carbonyl (C=O) groups excluding carboxylic acids is 1. The van der Waals surface area contributed by atoms with E-state index < -0.39 is 0 Å². The molecule has 0 saturated carbocycles. The minimum atomic E-state index is -0.308. The number of hydrogen-bond donors (Lipinski definition) is 0. The molecule has 0 saturated heterocycles. The van der Waals surface area contributed by atoms with Crippen molar-refractivity contribution < 1.29 is 4.79 Å². The van der Waals surface area contributed by atoms with Crippen molar-refractivity contribution in [3.8, 4) is 11.3 Å². The molecule has 0 spiro atoms. The number of amides is 1. The van der Waals surface area contributed by atoms with Crippen LogP contribution < -0.4 is 10.5 Å². The molecule has 1 aliphatic heterocycles. The Morgan fingerprint density at radius 2 is 2.07 bits per heavy atom.